The number of fused-ring (bicyclic) bond motifs is 2. The summed E-state index contributed by atoms with van der Waals surface area (Å²) in [6.07, 6.45) is 7.66. The first-order valence-electron chi connectivity index (χ1n) is 6.80. The Bertz CT molecular complexity index is 422. The molecule has 0 spiro atoms. The molecule has 2 N–H and O–H groups in total. The van der Waals surface area contributed by atoms with E-state index < -0.39 is 0 Å². The summed E-state index contributed by atoms with van der Waals surface area (Å²) in [4.78, 5) is 0. The molecule has 1 aromatic carbocycles. The third kappa shape index (κ3) is 1.83. The zero-order valence-electron chi connectivity index (χ0n) is 10.9. The van der Waals surface area contributed by atoms with Crippen molar-refractivity contribution in [3.05, 3.63) is 35.2 Å². The molecule has 2 bridgehead atoms. The maximum atomic E-state index is 6.33. The van der Waals surface area contributed by atoms with Crippen LogP contribution >= 0.6 is 11.6 Å². The summed E-state index contributed by atoms with van der Waals surface area (Å²) in [7, 11) is 2.39. The first-order chi connectivity index (χ1) is 8.61. The number of nitrogens with zero attached hydrogens (tertiary/aromatic N) is 1. The van der Waals surface area contributed by atoms with E-state index in [0.29, 0.717) is 0 Å². The van der Waals surface area contributed by atoms with E-state index in [4.69, 9.17) is 17.3 Å². The molecule has 3 rings (SSSR count). The topological polar surface area (TPSA) is 26.0 Å². The van der Waals surface area contributed by atoms with E-state index in [2.05, 4.69) is 13.5 Å². The maximum Gasteiger partial charge on any atom is 0.108 e. The quantitative estimate of drug-likeness (QED) is 0.643. The first-order valence-corrected chi connectivity index (χ1v) is 7.18. The Hall–Kier alpha value is -0.730. The molecule has 0 aromatic heterocycles. The number of nitrogen functional groups attached to an aromatic ring is 1. The largest absolute Gasteiger partial charge is 0.398 e. The van der Waals surface area contributed by atoms with Crippen molar-refractivity contribution >= 4 is 17.3 Å². The van der Waals surface area contributed by atoms with Crippen LogP contribution in [0, 0.1) is 6.42 Å². The Kier molecular flexibility index (Phi) is 3.03. The number of piperidine rings is 1. The van der Waals surface area contributed by atoms with Crippen LogP contribution in [0.4, 0.5) is 5.69 Å². The maximum absolute atomic E-state index is 6.33. The zero-order chi connectivity index (χ0) is 12.8. The van der Waals surface area contributed by atoms with Crippen LogP contribution in [-0.2, 0) is 6.54 Å². The number of halogens is 1. The highest BCUT2D eigenvalue weighted by atomic mass is 35.5. The van der Waals surface area contributed by atoms with E-state index >= 15 is 0 Å². The lowest BCUT2D eigenvalue weighted by Gasteiger charge is -2.45. The lowest BCUT2D eigenvalue weighted by Crippen LogP contribution is -2.55. The minimum atomic E-state index is 0.763. The summed E-state index contributed by atoms with van der Waals surface area (Å²) in [5.74, 6) is 0. The van der Waals surface area contributed by atoms with E-state index in [1.807, 2.05) is 18.2 Å². The molecule has 97 valence electrons. The van der Waals surface area contributed by atoms with Crippen LogP contribution in [0.25, 0.3) is 0 Å². The van der Waals surface area contributed by atoms with Crippen molar-refractivity contribution in [3.8, 4) is 0 Å². The van der Waals surface area contributed by atoms with Crippen molar-refractivity contribution in [2.45, 2.75) is 44.3 Å². The van der Waals surface area contributed by atoms with Crippen molar-refractivity contribution in [2.75, 3.05) is 12.8 Å². The summed E-state index contributed by atoms with van der Waals surface area (Å²) in [5, 5.41) is 0.823. The summed E-state index contributed by atoms with van der Waals surface area (Å²) in [5.41, 5.74) is 8.09. The second-order valence-corrected chi connectivity index (χ2v) is 6.36. The summed E-state index contributed by atoms with van der Waals surface area (Å²) < 4.78 is 1.13. The highest BCUT2D eigenvalue weighted by Crippen LogP contribution is 2.43. The Morgan fingerprint density at radius 3 is 2.56 bits per heavy atom. The molecule has 1 aromatic rings. The van der Waals surface area contributed by atoms with Gasteiger partial charge in [0.2, 0.25) is 0 Å². The molecule has 2 aliphatic rings. The molecule has 2 fully saturated rings. The van der Waals surface area contributed by atoms with Crippen molar-refractivity contribution in [2.24, 2.45) is 0 Å². The second kappa shape index (κ2) is 4.43. The molecule has 0 aliphatic carbocycles. The van der Waals surface area contributed by atoms with Gasteiger partial charge in [0, 0.05) is 36.9 Å². The van der Waals surface area contributed by atoms with Crippen molar-refractivity contribution in [1.29, 1.82) is 0 Å². The first kappa shape index (κ1) is 12.3. The lowest BCUT2D eigenvalue weighted by atomic mass is 9.98. The monoisotopic (exact) mass is 264 g/mol. The van der Waals surface area contributed by atoms with Crippen LogP contribution in [0.2, 0.25) is 5.02 Å². The molecular formula is C15H21ClN2+. The summed E-state index contributed by atoms with van der Waals surface area (Å²) >= 11 is 6.33. The Balaban J connectivity index is 1.92. The Morgan fingerprint density at radius 1 is 1.28 bits per heavy atom. The van der Waals surface area contributed by atoms with Crippen LogP contribution in [0.1, 0.15) is 31.2 Å². The minimum Gasteiger partial charge on any atom is -0.398 e. The van der Waals surface area contributed by atoms with Crippen LogP contribution in [0.5, 0.6) is 0 Å². The van der Waals surface area contributed by atoms with Gasteiger partial charge >= 0.3 is 0 Å². The van der Waals surface area contributed by atoms with Crippen LogP contribution in [0.3, 0.4) is 0 Å². The number of hydrogen-bond acceptors (Lipinski definition) is 1. The van der Waals surface area contributed by atoms with Gasteiger partial charge in [0.1, 0.15) is 6.54 Å². The Morgan fingerprint density at radius 2 is 1.94 bits per heavy atom. The molecule has 2 heterocycles. The predicted molar refractivity (Wildman–Crippen MR) is 76.1 cm³/mol. The van der Waals surface area contributed by atoms with Gasteiger partial charge in [-0.2, -0.15) is 0 Å². The van der Waals surface area contributed by atoms with Crippen LogP contribution in [-0.4, -0.2) is 23.6 Å². The molecular weight excluding hydrogens is 244 g/mol. The number of quaternary nitrogens is 1. The van der Waals surface area contributed by atoms with E-state index in [9.17, 15) is 0 Å². The number of benzene rings is 1. The van der Waals surface area contributed by atoms with Gasteiger partial charge < -0.3 is 10.2 Å². The number of hydrogen-bond donors (Lipinski definition) is 1. The van der Waals surface area contributed by atoms with Crippen LogP contribution in [0.15, 0.2) is 18.2 Å². The van der Waals surface area contributed by atoms with E-state index in [0.717, 1.165) is 39.4 Å². The summed E-state index contributed by atoms with van der Waals surface area (Å²) in [6.45, 7) is 0.981. The molecule has 1 radical (unpaired) electrons. The Labute approximate surface area is 114 Å². The molecule has 2 nitrogen and oxygen atoms in total. The van der Waals surface area contributed by atoms with Gasteiger partial charge in [0.25, 0.3) is 0 Å². The molecule has 2 saturated heterocycles. The lowest BCUT2D eigenvalue weighted by molar-refractivity contribution is -0.958. The smallest absolute Gasteiger partial charge is 0.108 e. The fourth-order valence-corrected chi connectivity index (χ4v) is 4.05. The average Bonchev–Trinajstić information content (AvgIpc) is 2.56. The third-order valence-corrected chi connectivity index (χ3v) is 5.39. The van der Waals surface area contributed by atoms with E-state index in [-0.39, 0.29) is 0 Å². The van der Waals surface area contributed by atoms with Gasteiger partial charge in [-0.25, -0.2) is 0 Å². The van der Waals surface area contributed by atoms with Crippen molar-refractivity contribution in [1.82, 2.24) is 0 Å². The van der Waals surface area contributed by atoms with Gasteiger partial charge in [-0.3, -0.25) is 0 Å². The summed E-state index contributed by atoms with van der Waals surface area (Å²) in [6, 6.07) is 7.38. The highest BCUT2D eigenvalue weighted by molar-refractivity contribution is 6.31. The van der Waals surface area contributed by atoms with Gasteiger partial charge in [-0.05, 0) is 18.6 Å². The molecule has 2 atom stereocenters. The minimum absolute atomic E-state index is 0.763. The fraction of sp³-hybridized carbons (Fsp3) is 0.533. The fourth-order valence-electron chi connectivity index (χ4n) is 3.81. The standard InChI is InChI=1S/C15H21ClN2/c1-18(11-4-2-5-12(18)9-8-11)10-13-14(16)6-3-7-15(13)17/h2-3,6-7,11-12H,4-5,8-10,17H2,1H3/q+1. The number of nitrogens with two attached hydrogens (primary N) is 1. The molecule has 3 heteroatoms. The second-order valence-electron chi connectivity index (χ2n) is 5.96. The zero-order valence-corrected chi connectivity index (χ0v) is 11.7. The number of rotatable bonds is 2. The third-order valence-electron chi connectivity index (χ3n) is 5.03. The highest BCUT2D eigenvalue weighted by Gasteiger charge is 2.48. The average molecular weight is 265 g/mol. The predicted octanol–water partition coefficient (Wildman–Crippen LogP) is 3.40. The SMILES string of the molecule is C[N+]1(Cc2c(N)cccc2Cl)C2C[CH]CC1CC2. The number of anilines is 1. The normalized spacial score (nSPS) is 34.8. The van der Waals surface area contributed by atoms with Crippen LogP contribution < -0.4 is 5.73 Å². The molecule has 0 saturated carbocycles. The molecule has 18 heavy (non-hydrogen) atoms. The van der Waals surface area contributed by atoms with Crippen molar-refractivity contribution in [3.63, 3.8) is 0 Å². The van der Waals surface area contributed by atoms with Gasteiger partial charge in [0.15, 0.2) is 0 Å². The molecule has 2 unspecified atom stereocenters. The van der Waals surface area contributed by atoms with Crippen molar-refractivity contribution < 1.29 is 4.48 Å². The van der Waals surface area contributed by atoms with E-state index in [1.54, 1.807) is 0 Å². The molecule has 2 aliphatic heterocycles. The van der Waals surface area contributed by atoms with E-state index in [1.165, 1.54) is 25.7 Å². The molecule has 0 amide bonds. The van der Waals surface area contributed by atoms with Gasteiger partial charge in [-0.15, -0.1) is 0 Å². The van der Waals surface area contributed by atoms with Gasteiger partial charge in [-0.1, -0.05) is 17.7 Å². The van der Waals surface area contributed by atoms with Gasteiger partial charge in [0.05, 0.1) is 24.2 Å².